The number of carbonyl (C=O) groups is 1. The molecule has 1 unspecified atom stereocenters. The molecule has 134 valence electrons. The van der Waals surface area contributed by atoms with Gasteiger partial charge in [0.25, 0.3) is 0 Å². The Bertz CT molecular complexity index is 835. The summed E-state index contributed by atoms with van der Waals surface area (Å²) in [5.74, 6) is -0.587. The smallest absolute Gasteiger partial charge is 0.220 e. The molecule has 1 heterocycles. The summed E-state index contributed by atoms with van der Waals surface area (Å²) >= 11 is 6.02. The van der Waals surface area contributed by atoms with Crippen LogP contribution in [0.4, 0.5) is 4.39 Å². The first-order valence-electron chi connectivity index (χ1n) is 8.25. The van der Waals surface area contributed by atoms with Crippen molar-refractivity contribution < 1.29 is 9.18 Å². The van der Waals surface area contributed by atoms with E-state index >= 15 is 0 Å². The SMILES string of the molecule is O=C(CCc1c(F)cccc1Cl)NC(Cn1nccn1)c1ccccc1. The lowest BCUT2D eigenvalue weighted by atomic mass is 10.1. The largest absolute Gasteiger partial charge is 0.347 e. The van der Waals surface area contributed by atoms with Crippen molar-refractivity contribution in [2.24, 2.45) is 0 Å². The minimum atomic E-state index is -0.398. The van der Waals surface area contributed by atoms with E-state index in [2.05, 4.69) is 15.5 Å². The van der Waals surface area contributed by atoms with Gasteiger partial charge in [-0.2, -0.15) is 15.0 Å². The van der Waals surface area contributed by atoms with Crippen molar-refractivity contribution in [3.8, 4) is 0 Å². The molecule has 7 heteroatoms. The van der Waals surface area contributed by atoms with Gasteiger partial charge in [-0.05, 0) is 24.1 Å². The van der Waals surface area contributed by atoms with E-state index in [1.807, 2.05) is 30.3 Å². The summed E-state index contributed by atoms with van der Waals surface area (Å²) in [6, 6.07) is 13.8. The molecule has 26 heavy (non-hydrogen) atoms. The summed E-state index contributed by atoms with van der Waals surface area (Å²) in [7, 11) is 0. The first-order valence-corrected chi connectivity index (χ1v) is 8.62. The molecule has 0 radical (unpaired) electrons. The van der Waals surface area contributed by atoms with Gasteiger partial charge in [0.05, 0.1) is 25.0 Å². The van der Waals surface area contributed by atoms with Crippen molar-refractivity contribution in [3.05, 3.63) is 82.9 Å². The molecule has 0 saturated carbocycles. The van der Waals surface area contributed by atoms with Crippen LogP contribution in [0.3, 0.4) is 0 Å². The van der Waals surface area contributed by atoms with E-state index in [1.54, 1.807) is 24.5 Å². The van der Waals surface area contributed by atoms with Gasteiger partial charge >= 0.3 is 0 Å². The molecule has 3 aromatic rings. The fourth-order valence-corrected chi connectivity index (χ4v) is 2.95. The zero-order valence-electron chi connectivity index (χ0n) is 14.0. The standard InChI is InChI=1S/C19H18ClFN4O/c20-16-7-4-8-17(21)15(16)9-10-19(26)24-18(13-25-22-11-12-23-25)14-5-2-1-3-6-14/h1-8,11-12,18H,9-10,13H2,(H,24,26). The van der Waals surface area contributed by atoms with Crippen LogP contribution in [0.15, 0.2) is 60.9 Å². The van der Waals surface area contributed by atoms with Crippen LogP contribution in [0, 0.1) is 5.82 Å². The number of benzene rings is 2. The Morgan fingerprint density at radius 2 is 1.85 bits per heavy atom. The summed E-state index contributed by atoms with van der Waals surface area (Å²) in [6.07, 6.45) is 3.55. The van der Waals surface area contributed by atoms with Gasteiger partial charge in [-0.25, -0.2) is 4.39 Å². The molecular formula is C19H18ClFN4O. The van der Waals surface area contributed by atoms with Gasteiger partial charge in [0, 0.05) is 17.0 Å². The van der Waals surface area contributed by atoms with E-state index in [0.717, 1.165) is 5.56 Å². The Kier molecular flexibility index (Phi) is 5.96. The summed E-state index contributed by atoms with van der Waals surface area (Å²) < 4.78 is 13.8. The van der Waals surface area contributed by atoms with Crippen molar-refractivity contribution in [2.75, 3.05) is 0 Å². The Labute approximate surface area is 155 Å². The van der Waals surface area contributed by atoms with E-state index in [-0.39, 0.29) is 24.8 Å². The molecule has 0 aliphatic carbocycles. The fraction of sp³-hybridized carbons (Fsp3) is 0.211. The summed E-state index contributed by atoms with van der Waals surface area (Å²) in [5.41, 5.74) is 1.30. The molecule has 2 aromatic carbocycles. The van der Waals surface area contributed by atoms with Crippen LogP contribution in [0.25, 0.3) is 0 Å². The third-order valence-corrected chi connectivity index (χ3v) is 4.37. The summed E-state index contributed by atoms with van der Waals surface area (Å²) in [5, 5.41) is 11.5. The second-order valence-corrected chi connectivity index (χ2v) is 6.22. The lowest BCUT2D eigenvalue weighted by molar-refractivity contribution is -0.121. The molecule has 0 bridgehead atoms. The molecule has 1 N–H and O–H groups in total. The molecule has 0 fully saturated rings. The number of hydrogen-bond donors (Lipinski definition) is 1. The van der Waals surface area contributed by atoms with Crippen LogP contribution < -0.4 is 5.32 Å². The van der Waals surface area contributed by atoms with E-state index in [1.165, 1.54) is 10.9 Å². The predicted molar refractivity (Wildman–Crippen MR) is 97.1 cm³/mol. The topological polar surface area (TPSA) is 59.8 Å². The van der Waals surface area contributed by atoms with Crippen LogP contribution in [-0.4, -0.2) is 20.9 Å². The number of nitrogens with zero attached hydrogens (tertiary/aromatic N) is 3. The first kappa shape index (κ1) is 18.1. The number of nitrogens with one attached hydrogen (secondary N) is 1. The van der Waals surface area contributed by atoms with E-state index in [9.17, 15) is 9.18 Å². The number of aromatic nitrogens is 3. The molecule has 1 atom stereocenters. The van der Waals surface area contributed by atoms with Gasteiger partial charge in [0.2, 0.25) is 5.91 Å². The van der Waals surface area contributed by atoms with Crippen molar-refractivity contribution in [3.63, 3.8) is 0 Å². The average molecular weight is 373 g/mol. The van der Waals surface area contributed by atoms with Crippen LogP contribution in [-0.2, 0) is 17.8 Å². The lowest BCUT2D eigenvalue weighted by Crippen LogP contribution is -2.32. The highest BCUT2D eigenvalue weighted by molar-refractivity contribution is 6.31. The van der Waals surface area contributed by atoms with E-state index < -0.39 is 5.82 Å². The van der Waals surface area contributed by atoms with Crippen molar-refractivity contribution in [2.45, 2.75) is 25.4 Å². The van der Waals surface area contributed by atoms with Gasteiger partial charge in [0.1, 0.15) is 5.82 Å². The van der Waals surface area contributed by atoms with Gasteiger partial charge in [0.15, 0.2) is 0 Å². The molecule has 3 rings (SSSR count). The van der Waals surface area contributed by atoms with Gasteiger partial charge in [-0.3, -0.25) is 4.79 Å². The van der Waals surface area contributed by atoms with Crippen molar-refractivity contribution >= 4 is 17.5 Å². The molecule has 0 spiro atoms. The maximum Gasteiger partial charge on any atom is 0.220 e. The number of rotatable bonds is 7. The molecule has 5 nitrogen and oxygen atoms in total. The van der Waals surface area contributed by atoms with Crippen LogP contribution in [0.2, 0.25) is 5.02 Å². The maximum absolute atomic E-state index is 13.8. The minimum Gasteiger partial charge on any atom is -0.347 e. The Balaban J connectivity index is 1.67. The predicted octanol–water partition coefficient (Wildman–Crippen LogP) is 3.56. The second-order valence-electron chi connectivity index (χ2n) is 5.81. The van der Waals surface area contributed by atoms with Gasteiger partial charge in [-0.1, -0.05) is 48.0 Å². The third-order valence-electron chi connectivity index (χ3n) is 4.01. The van der Waals surface area contributed by atoms with Crippen LogP contribution in [0.1, 0.15) is 23.6 Å². The molecule has 0 aliphatic heterocycles. The molecule has 0 aliphatic rings. The summed E-state index contributed by atoms with van der Waals surface area (Å²) in [6.45, 7) is 0.406. The molecular weight excluding hydrogens is 355 g/mol. The minimum absolute atomic E-state index is 0.135. The normalized spacial score (nSPS) is 11.9. The van der Waals surface area contributed by atoms with Crippen LogP contribution in [0.5, 0.6) is 0 Å². The highest BCUT2D eigenvalue weighted by Gasteiger charge is 2.17. The van der Waals surface area contributed by atoms with Gasteiger partial charge < -0.3 is 5.32 Å². The Hall–Kier alpha value is -2.73. The highest BCUT2D eigenvalue weighted by Crippen LogP contribution is 2.21. The maximum atomic E-state index is 13.8. The first-order chi connectivity index (χ1) is 12.6. The lowest BCUT2D eigenvalue weighted by Gasteiger charge is -2.19. The molecule has 1 aromatic heterocycles. The van der Waals surface area contributed by atoms with Crippen LogP contribution >= 0.6 is 11.6 Å². The summed E-state index contributed by atoms with van der Waals surface area (Å²) in [4.78, 5) is 13.9. The zero-order chi connectivity index (χ0) is 18.4. The van der Waals surface area contributed by atoms with Gasteiger partial charge in [-0.15, -0.1) is 0 Å². The number of carbonyl (C=O) groups excluding carboxylic acids is 1. The third kappa shape index (κ3) is 4.67. The van der Waals surface area contributed by atoms with E-state index in [0.29, 0.717) is 17.1 Å². The Morgan fingerprint density at radius 1 is 1.12 bits per heavy atom. The number of amides is 1. The average Bonchev–Trinajstić information content (AvgIpc) is 3.15. The number of hydrogen-bond acceptors (Lipinski definition) is 3. The fourth-order valence-electron chi connectivity index (χ4n) is 2.70. The van der Waals surface area contributed by atoms with Crippen molar-refractivity contribution in [1.82, 2.24) is 20.3 Å². The molecule has 0 saturated heterocycles. The monoisotopic (exact) mass is 372 g/mol. The second kappa shape index (κ2) is 8.58. The van der Waals surface area contributed by atoms with E-state index in [4.69, 9.17) is 11.6 Å². The number of halogens is 2. The quantitative estimate of drug-likeness (QED) is 0.689. The molecule has 1 amide bonds. The highest BCUT2D eigenvalue weighted by atomic mass is 35.5. The Morgan fingerprint density at radius 3 is 2.54 bits per heavy atom. The zero-order valence-corrected chi connectivity index (χ0v) is 14.7. The van der Waals surface area contributed by atoms with Crippen molar-refractivity contribution in [1.29, 1.82) is 0 Å².